The Labute approximate surface area is 143 Å². The van der Waals surface area contributed by atoms with Gasteiger partial charge in [0.15, 0.2) is 0 Å². The van der Waals surface area contributed by atoms with Gasteiger partial charge in [-0.05, 0) is 42.8 Å². The Morgan fingerprint density at radius 1 is 1.17 bits per heavy atom. The lowest BCUT2D eigenvalue weighted by Crippen LogP contribution is -2.26. The van der Waals surface area contributed by atoms with Gasteiger partial charge in [0.1, 0.15) is 11.4 Å². The molecule has 0 fully saturated rings. The Bertz CT molecular complexity index is 840. The number of hydrogen-bond acceptors (Lipinski definition) is 2. The lowest BCUT2D eigenvalue weighted by Gasteiger charge is -2.13. The Morgan fingerprint density at radius 3 is 2.61 bits per heavy atom. The molecule has 1 aromatic heterocycles. The maximum absolute atomic E-state index is 12.4. The number of carbonyl (C=O) groups excluding carboxylic acids is 1. The van der Waals surface area contributed by atoms with Crippen LogP contribution in [0.2, 0.25) is 0 Å². The fourth-order valence-corrected chi connectivity index (χ4v) is 2.73. The zero-order chi connectivity index (χ0) is 16.4. The molecule has 23 heavy (non-hydrogen) atoms. The molecular formula is C18H17BrN2O2. The summed E-state index contributed by atoms with van der Waals surface area (Å²) in [5, 5.41) is 3.98. The summed E-state index contributed by atoms with van der Waals surface area (Å²) in [5.41, 5.74) is 2.47. The van der Waals surface area contributed by atoms with E-state index in [1.165, 1.54) is 0 Å². The second-order valence-corrected chi connectivity index (χ2v) is 6.30. The van der Waals surface area contributed by atoms with Crippen LogP contribution in [-0.4, -0.2) is 18.0 Å². The predicted molar refractivity (Wildman–Crippen MR) is 94.9 cm³/mol. The number of nitrogens with one attached hydrogen (secondary N) is 2. The number of amides is 1. The summed E-state index contributed by atoms with van der Waals surface area (Å²) in [6, 6.07) is 15.4. The summed E-state index contributed by atoms with van der Waals surface area (Å²) < 4.78 is 6.22. The van der Waals surface area contributed by atoms with Gasteiger partial charge in [0, 0.05) is 21.4 Å². The molecule has 0 radical (unpaired) electrons. The minimum absolute atomic E-state index is 0.0726. The molecule has 0 aliphatic heterocycles. The van der Waals surface area contributed by atoms with Crippen molar-refractivity contribution in [3.8, 4) is 5.75 Å². The first-order valence-corrected chi connectivity index (χ1v) is 8.09. The number of halogens is 1. The van der Waals surface area contributed by atoms with E-state index in [1.807, 2.05) is 55.5 Å². The Hall–Kier alpha value is -2.27. The normalized spacial score (nSPS) is 12.1. The van der Waals surface area contributed by atoms with Crippen molar-refractivity contribution in [2.24, 2.45) is 0 Å². The molecule has 3 rings (SSSR count). The van der Waals surface area contributed by atoms with Crippen LogP contribution in [0.5, 0.6) is 5.75 Å². The first-order valence-electron chi connectivity index (χ1n) is 7.30. The Morgan fingerprint density at radius 2 is 1.91 bits per heavy atom. The molecule has 0 spiro atoms. The van der Waals surface area contributed by atoms with E-state index in [0.717, 1.165) is 26.7 Å². The van der Waals surface area contributed by atoms with Gasteiger partial charge in [0.25, 0.3) is 5.91 Å². The van der Waals surface area contributed by atoms with Crippen LogP contribution in [0.25, 0.3) is 10.9 Å². The van der Waals surface area contributed by atoms with Gasteiger partial charge in [0.2, 0.25) is 0 Å². The first-order chi connectivity index (χ1) is 11.1. The highest BCUT2D eigenvalue weighted by Gasteiger charge is 2.14. The molecule has 118 valence electrons. The van der Waals surface area contributed by atoms with Crippen molar-refractivity contribution in [1.29, 1.82) is 0 Å². The number of benzene rings is 2. The van der Waals surface area contributed by atoms with E-state index < -0.39 is 0 Å². The lowest BCUT2D eigenvalue weighted by molar-refractivity contribution is 0.0935. The molecule has 0 aliphatic carbocycles. The number of carbonyl (C=O) groups is 1. The van der Waals surface area contributed by atoms with E-state index in [1.54, 1.807) is 7.11 Å². The van der Waals surface area contributed by atoms with E-state index >= 15 is 0 Å². The summed E-state index contributed by atoms with van der Waals surface area (Å²) in [7, 11) is 1.62. The van der Waals surface area contributed by atoms with Crippen molar-refractivity contribution in [2.45, 2.75) is 13.0 Å². The third kappa shape index (κ3) is 3.40. The standard InChI is InChI=1S/C18H17BrN2O2/c1-11(12-3-6-14(19)7-4-12)20-18(22)17-9-13-5-8-15(23-2)10-16(13)21-17/h3-11,21H,1-2H3,(H,20,22). The second-order valence-electron chi connectivity index (χ2n) is 5.38. The van der Waals surface area contributed by atoms with E-state index in [2.05, 4.69) is 26.2 Å². The highest BCUT2D eigenvalue weighted by Crippen LogP contribution is 2.22. The van der Waals surface area contributed by atoms with E-state index in [9.17, 15) is 4.79 Å². The highest BCUT2D eigenvalue weighted by atomic mass is 79.9. The molecule has 2 N–H and O–H groups in total. The summed E-state index contributed by atoms with van der Waals surface area (Å²) in [6.07, 6.45) is 0. The van der Waals surface area contributed by atoms with Gasteiger partial charge in [-0.3, -0.25) is 4.79 Å². The van der Waals surface area contributed by atoms with Crippen LogP contribution in [-0.2, 0) is 0 Å². The smallest absolute Gasteiger partial charge is 0.268 e. The summed E-state index contributed by atoms with van der Waals surface area (Å²) in [6.45, 7) is 1.97. The monoisotopic (exact) mass is 372 g/mol. The van der Waals surface area contributed by atoms with Crippen molar-refractivity contribution in [1.82, 2.24) is 10.3 Å². The average molecular weight is 373 g/mol. The van der Waals surface area contributed by atoms with Crippen molar-refractivity contribution in [2.75, 3.05) is 7.11 Å². The largest absolute Gasteiger partial charge is 0.497 e. The molecule has 3 aromatic rings. The molecule has 0 saturated carbocycles. The number of methoxy groups -OCH3 is 1. The van der Waals surface area contributed by atoms with Gasteiger partial charge < -0.3 is 15.0 Å². The molecule has 0 saturated heterocycles. The first kappa shape index (κ1) is 15.6. The van der Waals surface area contributed by atoms with Gasteiger partial charge in [-0.25, -0.2) is 0 Å². The quantitative estimate of drug-likeness (QED) is 0.711. The SMILES string of the molecule is COc1ccc2cc(C(=O)NC(C)c3ccc(Br)cc3)[nH]c2c1. The Balaban J connectivity index is 1.78. The zero-order valence-electron chi connectivity index (χ0n) is 12.9. The summed E-state index contributed by atoms with van der Waals surface area (Å²) >= 11 is 3.41. The average Bonchev–Trinajstić information content (AvgIpc) is 2.98. The maximum atomic E-state index is 12.4. The summed E-state index contributed by atoms with van der Waals surface area (Å²) in [5.74, 6) is 0.630. The number of ether oxygens (including phenoxy) is 1. The second kappa shape index (κ2) is 6.46. The van der Waals surface area contributed by atoms with Crippen LogP contribution in [0.3, 0.4) is 0 Å². The molecular weight excluding hydrogens is 356 g/mol. The van der Waals surface area contributed by atoms with E-state index in [0.29, 0.717) is 5.69 Å². The molecule has 1 atom stereocenters. The molecule has 4 nitrogen and oxygen atoms in total. The topological polar surface area (TPSA) is 54.1 Å². The van der Waals surface area contributed by atoms with Crippen LogP contribution in [0.15, 0.2) is 53.0 Å². The number of hydrogen-bond donors (Lipinski definition) is 2. The zero-order valence-corrected chi connectivity index (χ0v) is 14.5. The molecule has 0 aliphatic rings. The van der Waals surface area contributed by atoms with Gasteiger partial charge in [-0.15, -0.1) is 0 Å². The highest BCUT2D eigenvalue weighted by molar-refractivity contribution is 9.10. The van der Waals surface area contributed by atoms with E-state index in [-0.39, 0.29) is 11.9 Å². The van der Waals surface area contributed by atoms with E-state index in [4.69, 9.17) is 4.74 Å². The fraction of sp³-hybridized carbons (Fsp3) is 0.167. The minimum atomic E-state index is -0.129. The van der Waals surface area contributed by atoms with Crippen molar-refractivity contribution in [3.05, 3.63) is 64.3 Å². The fourth-order valence-electron chi connectivity index (χ4n) is 2.46. The molecule has 5 heteroatoms. The molecule has 1 heterocycles. The number of aromatic nitrogens is 1. The predicted octanol–water partition coefficient (Wildman–Crippen LogP) is 4.43. The van der Waals surface area contributed by atoms with Crippen LogP contribution in [0.4, 0.5) is 0 Å². The van der Waals surface area contributed by atoms with Gasteiger partial charge >= 0.3 is 0 Å². The van der Waals surface area contributed by atoms with Crippen molar-refractivity contribution >= 4 is 32.7 Å². The number of rotatable bonds is 4. The van der Waals surface area contributed by atoms with Crippen molar-refractivity contribution in [3.63, 3.8) is 0 Å². The minimum Gasteiger partial charge on any atom is -0.497 e. The Kier molecular flexibility index (Phi) is 4.39. The molecule has 1 amide bonds. The van der Waals surface area contributed by atoms with Crippen LogP contribution < -0.4 is 10.1 Å². The molecule has 1 unspecified atom stereocenters. The summed E-state index contributed by atoms with van der Waals surface area (Å²) in [4.78, 5) is 15.6. The molecule has 2 aromatic carbocycles. The third-order valence-corrected chi connectivity index (χ3v) is 4.32. The number of H-pyrrole nitrogens is 1. The third-order valence-electron chi connectivity index (χ3n) is 3.79. The van der Waals surface area contributed by atoms with Crippen molar-refractivity contribution < 1.29 is 9.53 Å². The molecule has 0 bridgehead atoms. The van der Waals surface area contributed by atoms with Crippen LogP contribution in [0.1, 0.15) is 29.0 Å². The number of fused-ring (bicyclic) bond motifs is 1. The number of aromatic amines is 1. The van der Waals surface area contributed by atoms with Crippen LogP contribution in [0, 0.1) is 0 Å². The van der Waals surface area contributed by atoms with Gasteiger partial charge in [-0.2, -0.15) is 0 Å². The lowest BCUT2D eigenvalue weighted by atomic mass is 10.1. The van der Waals surface area contributed by atoms with Crippen LogP contribution >= 0.6 is 15.9 Å². The maximum Gasteiger partial charge on any atom is 0.268 e. The van der Waals surface area contributed by atoms with Gasteiger partial charge in [0.05, 0.1) is 13.2 Å². The van der Waals surface area contributed by atoms with Gasteiger partial charge in [-0.1, -0.05) is 28.1 Å².